The zero-order chi connectivity index (χ0) is 16.3. The van der Waals surface area contributed by atoms with E-state index in [0.717, 1.165) is 38.8 Å². The number of nitrogens with one attached hydrogen (secondary N) is 1. The molecule has 1 rings (SSSR count). The second kappa shape index (κ2) is 7.40. The SMILES string of the molecule is CCN(CC)C(C)(C)C(NN)C1CCCC(S(C)(=O)=O)C1. The van der Waals surface area contributed by atoms with Gasteiger partial charge < -0.3 is 0 Å². The lowest BCUT2D eigenvalue weighted by atomic mass is 9.75. The standard InChI is InChI=1S/C15H33N3O2S/c1-6-18(7-2)15(3,4)14(17-16)12-9-8-10-13(11-12)21(5,19)20/h12-14,17H,6-11,16H2,1-5H3. The van der Waals surface area contributed by atoms with Crippen LogP contribution in [0.4, 0.5) is 0 Å². The fourth-order valence-corrected chi connectivity index (χ4v) is 5.22. The van der Waals surface area contributed by atoms with Crippen LogP contribution in [0.15, 0.2) is 0 Å². The molecule has 0 bridgehead atoms. The molecule has 5 nitrogen and oxygen atoms in total. The number of nitrogens with two attached hydrogens (primary N) is 1. The molecule has 0 aromatic rings. The van der Waals surface area contributed by atoms with Gasteiger partial charge in [-0.25, -0.2) is 8.42 Å². The Balaban J connectivity index is 2.93. The average molecular weight is 320 g/mol. The third-order valence-electron chi connectivity index (χ3n) is 5.26. The number of hydrogen-bond acceptors (Lipinski definition) is 5. The Morgan fingerprint density at radius 3 is 2.29 bits per heavy atom. The zero-order valence-electron chi connectivity index (χ0n) is 14.2. The van der Waals surface area contributed by atoms with Crippen molar-refractivity contribution in [1.29, 1.82) is 0 Å². The van der Waals surface area contributed by atoms with Crippen molar-refractivity contribution in [2.24, 2.45) is 11.8 Å². The third-order valence-corrected chi connectivity index (χ3v) is 6.90. The summed E-state index contributed by atoms with van der Waals surface area (Å²) in [6, 6.07) is 0.0990. The Kier molecular flexibility index (Phi) is 6.65. The second-order valence-electron chi connectivity index (χ2n) is 6.85. The van der Waals surface area contributed by atoms with Crippen LogP contribution in [0.2, 0.25) is 0 Å². The van der Waals surface area contributed by atoms with Gasteiger partial charge in [-0.15, -0.1) is 0 Å². The fraction of sp³-hybridized carbons (Fsp3) is 1.00. The molecule has 1 aliphatic carbocycles. The molecule has 0 saturated heterocycles. The molecule has 3 unspecified atom stereocenters. The van der Waals surface area contributed by atoms with E-state index in [4.69, 9.17) is 5.84 Å². The topological polar surface area (TPSA) is 75.4 Å². The lowest BCUT2D eigenvalue weighted by molar-refractivity contribution is 0.0548. The van der Waals surface area contributed by atoms with Crippen molar-refractivity contribution >= 4 is 9.84 Å². The average Bonchev–Trinajstić information content (AvgIpc) is 2.39. The van der Waals surface area contributed by atoms with Gasteiger partial charge in [0.15, 0.2) is 0 Å². The van der Waals surface area contributed by atoms with E-state index in [0.29, 0.717) is 5.92 Å². The first-order chi connectivity index (χ1) is 9.68. The van der Waals surface area contributed by atoms with Crippen LogP contribution in [0.1, 0.15) is 53.4 Å². The summed E-state index contributed by atoms with van der Waals surface area (Å²) in [5, 5.41) is -0.209. The van der Waals surface area contributed by atoms with E-state index in [1.54, 1.807) is 0 Å². The third kappa shape index (κ3) is 4.41. The number of sulfone groups is 1. The Morgan fingerprint density at radius 1 is 1.29 bits per heavy atom. The molecule has 1 aliphatic rings. The van der Waals surface area contributed by atoms with Gasteiger partial charge in [0.1, 0.15) is 9.84 Å². The second-order valence-corrected chi connectivity index (χ2v) is 9.17. The van der Waals surface area contributed by atoms with E-state index in [2.05, 4.69) is 38.0 Å². The predicted molar refractivity (Wildman–Crippen MR) is 88.7 cm³/mol. The molecule has 1 fully saturated rings. The van der Waals surface area contributed by atoms with Crippen LogP contribution in [-0.4, -0.2) is 49.5 Å². The number of hydrogen-bond donors (Lipinski definition) is 2. The van der Waals surface area contributed by atoms with Gasteiger partial charge in [-0.1, -0.05) is 20.3 Å². The first-order valence-electron chi connectivity index (χ1n) is 8.08. The smallest absolute Gasteiger partial charge is 0.150 e. The zero-order valence-corrected chi connectivity index (χ0v) is 15.0. The van der Waals surface area contributed by atoms with Crippen LogP contribution in [-0.2, 0) is 9.84 Å². The molecule has 0 aromatic carbocycles. The number of likely N-dealkylation sites (N-methyl/N-ethyl adjacent to an activating group) is 1. The molecule has 0 aromatic heterocycles. The number of nitrogens with zero attached hydrogens (tertiary/aromatic N) is 1. The van der Waals surface area contributed by atoms with Gasteiger partial charge >= 0.3 is 0 Å². The van der Waals surface area contributed by atoms with Crippen LogP contribution in [0.3, 0.4) is 0 Å². The summed E-state index contributed by atoms with van der Waals surface area (Å²) in [4.78, 5) is 2.39. The Bertz CT molecular complexity index is 419. The van der Waals surface area contributed by atoms with Crippen molar-refractivity contribution in [3.63, 3.8) is 0 Å². The highest BCUT2D eigenvalue weighted by atomic mass is 32.2. The molecule has 3 atom stereocenters. The molecule has 3 N–H and O–H groups in total. The molecule has 0 spiro atoms. The van der Waals surface area contributed by atoms with Gasteiger partial charge in [-0.3, -0.25) is 16.2 Å². The maximum Gasteiger partial charge on any atom is 0.150 e. The minimum Gasteiger partial charge on any atom is -0.297 e. The molecule has 0 aliphatic heterocycles. The maximum atomic E-state index is 11.9. The highest BCUT2D eigenvalue weighted by Crippen LogP contribution is 2.35. The Morgan fingerprint density at radius 2 is 1.86 bits per heavy atom. The molecule has 0 amide bonds. The fourth-order valence-electron chi connectivity index (χ4n) is 4.02. The number of rotatable bonds is 7. The van der Waals surface area contributed by atoms with Crippen LogP contribution in [0.25, 0.3) is 0 Å². The van der Waals surface area contributed by atoms with Gasteiger partial charge in [-0.2, -0.15) is 0 Å². The van der Waals surface area contributed by atoms with Gasteiger partial charge in [0, 0.05) is 17.8 Å². The molecule has 6 heteroatoms. The van der Waals surface area contributed by atoms with Crippen LogP contribution in [0.5, 0.6) is 0 Å². The first-order valence-corrected chi connectivity index (χ1v) is 10.0. The van der Waals surface area contributed by atoms with Crippen molar-refractivity contribution in [1.82, 2.24) is 10.3 Å². The normalized spacial score (nSPS) is 26.0. The van der Waals surface area contributed by atoms with Gasteiger partial charge in [-0.05, 0) is 52.1 Å². The van der Waals surface area contributed by atoms with Crippen molar-refractivity contribution < 1.29 is 8.42 Å². The lowest BCUT2D eigenvalue weighted by Crippen LogP contribution is -2.62. The molecule has 21 heavy (non-hydrogen) atoms. The molecule has 0 heterocycles. The molecule has 0 radical (unpaired) electrons. The summed E-state index contributed by atoms with van der Waals surface area (Å²) in [5.41, 5.74) is 2.90. The summed E-state index contributed by atoms with van der Waals surface area (Å²) in [6.07, 6.45) is 4.89. The largest absolute Gasteiger partial charge is 0.297 e. The van der Waals surface area contributed by atoms with Crippen molar-refractivity contribution in [2.75, 3.05) is 19.3 Å². The van der Waals surface area contributed by atoms with Crippen LogP contribution < -0.4 is 11.3 Å². The van der Waals surface area contributed by atoms with Gasteiger partial charge in [0.05, 0.1) is 5.25 Å². The summed E-state index contributed by atoms with van der Waals surface area (Å²) >= 11 is 0. The summed E-state index contributed by atoms with van der Waals surface area (Å²) in [5.74, 6) is 6.17. The Hall–Kier alpha value is -0.170. The molecular weight excluding hydrogens is 286 g/mol. The van der Waals surface area contributed by atoms with Crippen molar-refractivity contribution in [2.45, 2.75) is 70.2 Å². The molecular formula is C15H33N3O2S. The van der Waals surface area contributed by atoms with Gasteiger partial charge in [0.25, 0.3) is 0 Å². The number of hydrazine groups is 1. The van der Waals surface area contributed by atoms with E-state index >= 15 is 0 Å². The highest BCUT2D eigenvalue weighted by Gasteiger charge is 2.41. The van der Waals surface area contributed by atoms with Crippen LogP contribution >= 0.6 is 0 Å². The maximum absolute atomic E-state index is 11.9. The van der Waals surface area contributed by atoms with Gasteiger partial charge in [0.2, 0.25) is 0 Å². The first kappa shape index (κ1) is 18.9. The predicted octanol–water partition coefficient (Wildman–Crippen LogP) is 1.54. The van der Waals surface area contributed by atoms with E-state index in [1.165, 1.54) is 6.26 Å². The van der Waals surface area contributed by atoms with E-state index in [1.807, 2.05) is 0 Å². The van der Waals surface area contributed by atoms with Crippen LogP contribution in [0, 0.1) is 5.92 Å². The van der Waals surface area contributed by atoms with E-state index < -0.39 is 9.84 Å². The monoisotopic (exact) mass is 319 g/mol. The highest BCUT2D eigenvalue weighted by molar-refractivity contribution is 7.91. The van der Waals surface area contributed by atoms with E-state index in [9.17, 15) is 8.42 Å². The lowest BCUT2D eigenvalue weighted by Gasteiger charge is -2.47. The van der Waals surface area contributed by atoms with Crippen molar-refractivity contribution in [3.8, 4) is 0 Å². The summed E-state index contributed by atoms with van der Waals surface area (Å²) < 4.78 is 23.8. The molecule has 1 saturated carbocycles. The van der Waals surface area contributed by atoms with Crippen molar-refractivity contribution in [3.05, 3.63) is 0 Å². The summed E-state index contributed by atoms with van der Waals surface area (Å²) in [6.45, 7) is 10.6. The minimum absolute atomic E-state index is 0.0949. The Labute approximate surface area is 130 Å². The quantitative estimate of drug-likeness (QED) is 0.550. The molecule has 126 valence electrons. The minimum atomic E-state index is -2.96. The summed E-state index contributed by atoms with van der Waals surface area (Å²) in [7, 11) is -2.96. The van der Waals surface area contributed by atoms with E-state index in [-0.39, 0.29) is 16.8 Å².